The Morgan fingerprint density at radius 3 is 2.71 bits per heavy atom. The summed E-state index contributed by atoms with van der Waals surface area (Å²) in [4.78, 5) is 13.9. The number of pyridine rings is 1. The Labute approximate surface area is 86.1 Å². The highest BCUT2D eigenvalue weighted by molar-refractivity contribution is 5.85. The van der Waals surface area contributed by atoms with Crippen molar-refractivity contribution in [3.8, 4) is 0 Å². The van der Waals surface area contributed by atoms with E-state index >= 15 is 0 Å². The summed E-state index contributed by atoms with van der Waals surface area (Å²) in [6.45, 7) is 0. The lowest BCUT2D eigenvalue weighted by atomic mass is 10.2. The van der Waals surface area contributed by atoms with E-state index in [1.807, 2.05) is 18.2 Å². The highest BCUT2D eigenvalue weighted by Gasteiger charge is 2.05. The zero-order valence-electron chi connectivity index (χ0n) is 7.08. The zero-order chi connectivity index (χ0) is 9.26. The number of hydrogen-bond donors (Lipinski definition) is 0. The van der Waals surface area contributed by atoms with Crippen molar-refractivity contribution in [1.82, 2.24) is 4.98 Å². The Morgan fingerprint density at radius 2 is 2.00 bits per heavy atom. The van der Waals surface area contributed by atoms with Gasteiger partial charge in [0.25, 0.3) is 5.69 Å². The van der Waals surface area contributed by atoms with Crippen LogP contribution in [0.25, 0.3) is 10.9 Å². The van der Waals surface area contributed by atoms with E-state index in [1.54, 1.807) is 6.07 Å². The Bertz CT molecular complexity index is 473. The number of fused-ring (bicyclic) bond motifs is 1. The van der Waals surface area contributed by atoms with Crippen molar-refractivity contribution < 1.29 is 4.92 Å². The van der Waals surface area contributed by atoms with Crippen molar-refractivity contribution in [2.75, 3.05) is 0 Å². The van der Waals surface area contributed by atoms with Crippen LogP contribution in [0, 0.1) is 10.1 Å². The summed E-state index contributed by atoms with van der Waals surface area (Å²) < 4.78 is 0. The lowest BCUT2D eigenvalue weighted by molar-refractivity contribution is -0.385. The average molecular weight is 211 g/mol. The molecule has 0 fully saturated rings. The maximum Gasteiger partial charge on any atom is 0.288 e. The molecule has 0 saturated carbocycles. The molecular weight excluding hydrogens is 204 g/mol. The fraction of sp³-hybridized carbons (Fsp3) is 0. The molecule has 0 radical (unpaired) electrons. The van der Waals surface area contributed by atoms with Crippen LogP contribution in [0.15, 0.2) is 36.5 Å². The van der Waals surface area contributed by atoms with Gasteiger partial charge in [0, 0.05) is 11.5 Å². The third-order valence-corrected chi connectivity index (χ3v) is 1.79. The van der Waals surface area contributed by atoms with E-state index in [2.05, 4.69) is 4.98 Å². The van der Waals surface area contributed by atoms with Crippen molar-refractivity contribution in [2.45, 2.75) is 0 Å². The van der Waals surface area contributed by atoms with E-state index in [0.29, 0.717) is 0 Å². The smallest absolute Gasteiger partial charge is 0.258 e. The molecule has 0 spiro atoms. The predicted octanol–water partition coefficient (Wildman–Crippen LogP) is 2.56. The van der Waals surface area contributed by atoms with Crippen LogP contribution in [-0.2, 0) is 0 Å². The predicted molar refractivity (Wildman–Crippen MR) is 55.6 cm³/mol. The summed E-state index contributed by atoms with van der Waals surface area (Å²) >= 11 is 0. The Balaban J connectivity index is 0.000000980. The van der Waals surface area contributed by atoms with Gasteiger partial charge in [0.15, 0.2) is 0 Å². The number of hydrogen-bond acceptors (Lipinski definition) is 3. The molecule has 1 aromatic heterocycles. The highest BCUT2D eigenvalue weighted by Crippen LogP contribution is 2.17. The second kappa shape index (κ2) is 4.02. The van der Waals surface area contributed by atoms with Gasteiger partial charge in [-0.1, -0.05) is 18.2 Å². The lowest BCUT2D eigenvalue weighted by Crippen LogP contribution is -1.88. The minimum absolute atomic E-state index is 0. The molecule has 14 heavy (non-hydrogen) atoms. The minimum atomic E-state index is -0.445. The first-order valence-electron chi connectivity index (χ1n) is 3.76. The van der Waals surface area contributed by atoms with Crippen molar-refractivity contribution in [2.24, 2.45) is 0 Å². The van der Waals surface area contributed by atoms with Gasteiger partial charge in [-0.05, 0) is 6.07 Å². The first-order chi connectivity index (χ1) is 6.27. The third-order valence-electron chi connectivity index (χ3n) is 1.79. The summed E-state index contributed by atoms with van der Waals surface area (Å²) in [5, 5.41) is 11.2. The van der Waals surface area contributed by atoms with Gasteiger partial charge in [-0.2, -0.15) is 0 Å². The summed E-state index contributed by atoms with van der Waals surface area (Å²) in [5.41, 5.74) is 0.798. The molecule has 5 heteroatoms. The monoisotopic (exact) mass is 210 g/mol. The second-order valence-electron chi connectivity index (χ2n) is 2.64. The molecule has 0 aliphatic rings. The van der Waals surface area contributed by atoms with Crippen LogP contribution in [0.5, 0.6) is 0 Å². The molecule has 0 atom stereocenters. The maximum atomic E-state index is 10.4. The van der Waals surface area contributed by atoms with Gasteiger partial charge in [-0.3, -0.25) is 10.1 Å². The minimum Gasteiger partial charge on any atom is -0.258 e. The van der Waals surface area contributed by atoms with E-state index in [-0.39, 0.29) is 18.1 Å². The van der Waals surface area contributed by atoms with Crippen LogP contribution in [0.1, 0.15) is 0 Å². The number of aromatic nitrogens is 1. The third kappa shape index (κ3) is 1.80. The second-order valence-corrected chi connectivity index (χ2v) is 2.64. The summed E-state index contributed by atoms with van der Waals surface area (Å²) in [6.07, 6.45) is 1.27. The molecule has 0 aliphatic heterocycles. The maximum absolute atomic E-state index is 10.4. The summed E-state index contributed by atoms with van der Waals surface area (Å²) in [6, 6.07) is 8.81. The van der Waals surface area contributed by atoms with Crippen molar-refractivity contribution >= 4 is 29.0 Å². The van der Waals surface area contributed by atoms with Gasteiger partial charge in [0.1, 0.15) is 6.20 Å². The fourth-order valence-electron chi connectivity index (χ4n) is 1.16. The standard InChI is InChI=1S/C9H6N2O2.ClH/c12-11(13)8-5-7-3-1-2-4-9(7)10-6-8;/h1-6H;1H. The quantitative estimate of drug-likeness (QED) is 0.537. The molecule has 0 amide bonds. The molecule has 0 saturated heterocycles. The van der Waals surface area contributed by atoms with Gasteiger partial charge in [0.05, 0.1) is 10.4 Å². The summed E-state index contributed by atoms with van der Waals surface area (Å²) in [7, 11) is 0. The largest absolute Gasteiger partial charge is 0.288 e. The van der Waals surface area contributed by atoms with Gasteiger partial charge < -0.3 is 0 Å². The van der Waals surface area contributed by atoms with Gasteiger partial charge in [0.2, 0.25) is 0 Å². The molecule has 2 rings (SSSR count). The first-order valence-corrected chi connectivity index (χ1v) is 3.76. The fourth-order valence-corrected chi connectivity index (χ4v) is 1.16. The number of nitrogens with zero attached hydrogens (tertiary/aromatic N) is 2. The average Bonchev–Trinajstić information content (AvgIpc) is 2.17. The van der Waals surface area contributed by atoms with Crippen LogP contribution in [0.2, 0.25) is 0 Å². The van der Waals surface area contributed by atoms with E-state index in [1.165, 1.54) is 12.3 Å². The number of benzene rings is 1. The van der Waals surface area contributed by atoms with Crippen LogP contribution < -0.4 is 0 Å². The molecule has 1 aromatic carbocycles. The van der Waals surface area contributed by atoms with E-state index in [4.69, 9.17) is 0 Å². The van der Waals surface area contributed by atoms with Crippen molar-refractivity contribution in [1.29, 1.82) is 0 Å². The summed E-state index contributed by atoms with van der Waals surface area (Å²) in [5.74, 6) is 0. The van der Waals surface area contributed by atoms with Gasteiger partial charge in [-0.15, -0.1) is 12.4 Å². The van der Waals surface area contributed by atoms with E-state index in [9.17, 15) is 10.1 Å². The number of rotatable bonds is 1. The number of nitro groups is 1. The number of para-hydroxylation sites is 1. The SMILES string of the molecule is Cl.O=[N+]([O-])c1cnc2ccccc2c1. The van der Waals surface area contributed by atoms with Crippen molar-refractivity contribution in [3.63, 3.8) is 0 Å². The van der Waals surface area contributed by atoms with Crippen LogP contribution >= 0.6 is 12.4 Å². The first kappa shape index (κ1) is 10.4. The lowest BCUT2D eigenvalue weighted by Gasteiger charge is -1.94. The molecule has 0 aliphatic carbocycles. The van der Waals surface area contributed by atoms with Gasteiger partial charge >= 0.3 is 0 Å². The van der Waals surface area contributed by atoms with Crippen LogP contribution in [0.3, 0.4) is 0 Å². The normalized spacial score (nSPS) is 9.43. The molecule has 0 N–H and O–H groups in total. The topological polar surface area (TPSA) is 56.0 Å². The van der Waals surface area contributed by atoms with E-state index in [0.717, 1.165) is 10.9 Å². The molecule has 4 nitrogen and oxygen atoms in total. The Hall–Kier alpha value is -1.68. The molecule has 2 aromatic rings. The Morgan fingerprint density at radius 1 is 1.29 bits per heavy atom. The molecule has 1 heterocycles. The van der Waals surface area contributed by atoms with Crippen molar-refractivity contribution in [3.05, 3.63) is 46.6 Å². The zero-order valence-corrected chi connectivity index (χ0v) is 7.90. The van der Waals surface area contributed by atoms with Crippen LogP contribution in [0.4, 0.5) is 5.69 Å². The molecule has 0 bridgehead atoms. The molecule has 0 unspecified atom stereocenters. The molecular formula is C9H7ClN2O2. The molecule has 72 valence electrons. The van der Waals surface area contributed by atoms with E-state index < -0.39 is 4.92 Å². The highest BCUT2D eigenvalue weighted by atomic mass is 35.5. The van der Waals surface area contributed by atoms with Gasteiger partial charge in [-0.25, -0.2) is 4.98 Å². The van der Waals surface area contributed by atoms with Crippen LogP contribution in [-0.4, -0.2) is 9.91 Å². The Kier molecular flexibility index (Phi) is 2.99. The number of halogens is 1.